The monoisotopic (exact) mass is 267 g/mol. The molecule has 100 valence electrons. The molecule has 7 nitrogen and oxygen atoms in total. The molecule has 10 heteroatoms. The molecule has 0 radical (unpaired) electrons. The lowest BCUT2D eigenvalue weighted by molar-refractivity contribution is -0.390. The molecule has 1 aromatic rings. The molecule has 1 aromatic heterocycles. The van der Waals surface area contributed by atoms with E-state index in [0.29, 0.717) is 4.68 Å². The highest BCUT2D eigenvalue weighted by molar-refractivity contribution is 5.67. The lowest BCUT2D eigenvalue weighted by Gasteiger charge is -2.17. The van der Waals surface area contributed by atoms with Crippen LogP contribution >= 0.6 is 0 Å². The van der Waals surface area contributed by atoms with Crippen molar-refractivity contribution in [3.63, 3.8) is 0 Å². The minimum atomic E-state index is -4.86. The maximum atomic E-state index is 12.7. The number of carbonyl (C=O) groups is 1. The zero-order chi connectivity index (χ0) is 14.1. The van der Waals surface area contributed by atoms with Crippen molar-refractivity contribution in [1.82, 2.24) is 9.78 Å². The lowest BCUT2D eigenvalue weighted by atomic mass is 10.2. The summed E-state index contributed by atoms with van der Waals surface area (Å²) in [5.41, 5.74) is -0.134. The van der Waals surface area contributed by atoms with Crippen LogP contribution in [0.5, 0.6) is 0 Å². The van der Waals surface area contributed by atoms with Crippen LogP contribution in [0.25, 0.3) is 0 Å². The number of halogens is 3. The van der Waals surface area contributed by atoms with Crippen molar-refractivity contribution in [3.05, 3.63) is 21.9 Å². The van der Waals surface area contributed by atoms with Crippen LogP contribution in [0.15, 0.2) is 6.07 Å². The third-order valence-electron chi connectivity index (χ3n) is 2.14. The summed E-state index contributed by atoms with van der Waals surface area (Å²) in [6, 6.07) is -1.58. The van der Waals surface area contributed by atoms with Gasteiger partial charge in [0.1, 0.15) is 0 Å². The highest BCUT2D eigenvalue weighted by Crippen LogP contribution is 2.34. The molecule has 1 atom stereocenters. The van der Waals surface area contributed by atoms with Crippen LogP contribution in [0.1, 0.15) is 18.2 Å². The zero-order valence-electron chi connectivity index (χ0n) is 9.01. The van der Waals surface area contributed by atoms with Gasteiger partial charge in [0.25, 0.3) is 0 Å². The molecule has 0 spiro atoms. The first-order chi connectivity index (χ1) is 8.12. The van der Waals surface area contributed by atoms with Gasteiger partial charge in [-0.3, -0.25) is 4.79 Å². The summed E-state index contributed by atoms with van der Waals surface area (Å²) in [5.74, 6) is -2.43. The third-order valence-corrected chi connectivity index (χ3v) is 2.14. The Morgan fingerprint density at radius 1 is 1.67 bits per heavy atom. The van der Waals surface area contributed by atoms with Gasteiger partial charge in [0.2, 0.25) is 0 Å². The summed E-state index contributed by atoms with van der Waals surface area (Å²) in [7, 11) is 0. The van der Waals surface area contributed by atoms with Crippen molar-refractivity contribution >= 4 is 11.8 Å². The Morgan fingerprint density at radius 3 is 2.56 bits per heavy atom. The van der Waals surface area contributed by atoms with Gasteiger partial charge >= 0.3 is 18.0 Å². The summed E-state index contributed by atoms with van der Waals surface area (Å²) in [6.45, 7) is 1.18. The second kappa shape index (κ2) is 4.63. The highest BCUT2D eigenvalue weighted by atomic mass is 19.4. The average molecular weight is 267 g/mol. The number of carboxylic acid groups (broad SMARTS) is 1. The first-order valence-corrected chi connectivity index (χ1v) is 4.62. The standard InChI is InChI=1S/C8H8F3N3O4/c1-4-2-6(14(17)18)12-13(4)5(3-7(15)16)8(9,10)11/h2,5H,3H2,1H3,(H,15,16). The number of aromatic nitrogens is 2. The predicted octanol–water partition coefficient (Wildman–Crippen LogP) is 1.68. The number of aryl methyl sites for hydroxylation is 1. The SMILES string of the molecule is Cc1cc([N+](=O)[O-])nn1C(CC(=O)O)C(F)(F)F. The Bertz CT molecular complexity index is 482. The van der Waals surface area contributed by atoms with Gasteiger partial charge in [0.15, 0.2) is 6.04 Å². The summed E-state index contributed by atoms with van der Waals surface area (Å²) >= 11 is 0. The van der Waals surface area contributed by atoms with Crippen molar-refractivity contribution in [2.75, 3.05) is 0 Å². The quantitative estimate of drug-likeness (QED) is 0.661. The molecule has 0 amide bonds. The molecular weight excluding hydrogens is 259 g/mol. The molecule has 0 fully saturated rings. The van der Waals surface area contributed by atoms with Gasteiger partial charge in [-0.05, 0) is 11.8 Å². The largest absolute Gasteiger partial charge is 0.481 e. The van der Waals surface area contributed by atoms with E-state index in [9.17, 15) is 28.1 Å². The Labute approximate surface area is 98.0 Å². The highest BCUT2D eigenvalue weighted by Gasteiger charge is 2.45. The number of hydrogen-bond acceptors (Lipinski definition) is 4. The fourth-order valence-electron chi connectivity index (χ4n) is 1.38. The summed E-state index contributed by atoms with van der Waals surface area (Å²) < 4.78 is 38.3. The van der Waals surface area contributed by atoms with E-state index in [0.717, 1.165) is 6.07 Å². The van der Waals surface area contributed by atoms with Crippen LogP contribution < -0.4 is 0 Å². The van der Waals surface area contributed by atoms with Gasteiger partial charge in [-0.25, -0.2) is 0 Å². The number of carboxylic acids is 1. The molecule has 1 unspecified atom stereocenters. The minimum absolute atomic E-state index is 0.134. The van der Waals surface area contributed by atoms with Crippen LogP contribution in [0.4, 0.5) is 19.0 Å². The van der Waals surface area contributed by atoms with Crippen LogP contribution in [0.2, 0.25) is 0 Å². The maximum absolute atomic E-state index is 12.7. The first kappa shape index (κ1) is 13.9. The van der Waals surface area contributed by atoms with Crippen molar-refractivity contribution in [2.24, 2.45) is 0 Å². The second-order valence-corrected chi connectivity index (χ2v) is 3.50. The van der Waals surface area contributed by atoms with Gasteiger partial charge in [-0.2, -0.15) is 17.9 Å². The smallest absolute Gasteiger partial charge is 0.413 e. The molecule has 1 N–H and O–H groups in total. The lowest BCUT2D eigenvalue weighted by Crippen LogP contribution is -2.30. The molecule has 0 aliphatic rings. The summed E-state index contributed by atoms with van der Waals surface area (Å²) in [4.78, 5) is 19.9. The van der Waals surface area contributed by atoms with Crippen LogP contribution in [-0.2, 0) is 4.79 Å². The van der Waals surface area contributed by atoms with E-state index in [1.807, 2.05) is 0 Å². The van der Waals surface area contributed by atoms with Gasteiger partial charge in [0.05, 0.1) is 23.3 Å². The first-order valence-electron chi connectivity index (χ1n) is 4.62. The zero-order valence-corrected chi connectivity index (χ0v) is 9.01. The molecule has 0 aliphatic carbocycles. The van der Waals surface area contributed by atoms with Gasteiger partial charge in [-0.15, -0.1) is 0 Å². The van der Waals surface area contributed by atoms with Crippen LogP contribution in [0, 0.1) is 17.0 Å². The molecule has 0 aliphatic heterocycles. The number of nitro groups is 1. The summed E-state index contributed by atoms with van der Waals surface area (Å²) in [5, 5.41) is 22.0. The van der Waals surface area contributed by atoms with E-state index < -0.39 is 35.3 Å². The number of rotatable bonds is 4. The molecule has 1 heterocycles. The molecule has 1 rings (SSSR count). The van der Waals surface area contributed by atoms with E-state index in [2.05, 4.69) is 5.10 Å². The van der Waals surface area contributed by atoms with Gasteiger partial charge < -0.3 is 15.2 Å². The van der Waals surface area contributed by atoms with Crippen molar-refractivity contribution in [1.29, 1.82) is 0 Å². The second-order valence-electron chi connectivity index (χ2n) is 3.50. The molecule has 0 saturated carbocycles. The van der Waals surface area contributed by atoms with E-state index in [1.165, 1.54) is 6.92 Å². The molecule has 0 aromatic carbocycles. The number of aliphatic carboxylic acids is 1. The van der Waals surface area contributed by atoms with E-state index in [-0.39, 0.29) is 5.69 Å². The molecule has 18 heavy (non-hydrogen) atoms. The van der Waals surface area contributed by atoms with Gasteiger partial charge in [0, 0.05) is 0 Å². The topological polar surface area (TPSA) is 98.3 Å². The normalized spacial score (nSPS) is 13.3. The Balaban J connectivity index is 3.21. The Kier molecular flexibility index (Phi) is 3.58. The van der Waals surface area contributed by atoms with Crippen molar-refractivity contribution < 1.29 is 28.0 Å². The average Bonchev–Trinajstić information content (AvgIpc) is 2.55. The Hall–Kier alpha value is -2.13. The number of hydrogen-bond donors (Lipinski definition) is 1. The fraction of sp³-hybridized carbons (Fsp3) is 0.500. The maximum Gasteiger partial charge on any atom is 0.413 e. The molecule has 0 saturated heterocycles. The minimum Gasteiger partial charge on any atom is -0.481 e. The fourth-order valence-corrected chi connectivity index (χ4v) is 1.38. The van der Waals surface area contributed by atoms with Crippen molar-refractivity contribution in [2.45, 2.75) is 25.6 Å². The van der Waals surface area contributed by atoms with E-state index in [1.54, 1.807) is 0 Å². The van der Waals surface area contributed by atoms with Crippen LogP contribution in [0.3, 0.4) is 0 Å². The summed E-state index contributed by atoms with van der Waals surface area (Å²) in [6.07, 6.45) is -6.10. The predicted molar refractivity (Wildman–Crippen MR) is 51.0 cm³/mol. The van der Waals surface area contributed by atoms with Crippen LogP contribution in [-0.4, -0.2) is 32.0 Å². The number of alkyl halides is 3. The molecular formula is C8H8F3N3O4. The number of nitrogens with zero attached hydrogens (tertiary/aromatic N) is 3. The third kappa shape index (κ3) is 2.96. The molecule has 0 bridgehead atoms. The Morgan fingerprint density at radius 2 is 2.22 bits per heavy atom. The van der Waals surface area contributed by atoms with E-state index in [4.69, 9.17) is 5.11 Å². The van der Waals surface area contributed by atoms with Gasteiger partial charge in [-0.1, -0.05) is 0 Å². The van der Waals surface area contributed by atoms with E-state index >= 15 is 0 Å². The van der Waals surface area contributed by atoms with Crippen molar-refractivity contribution in [3.8, 4) is 0 Å².